The summed E-state index contributed by atoms with van der Waals surface area (Å²) in [4.78, 5) is 0. The highest BCUT2D eigenvalue weighted by molar-refractivity contribution is 6.62. The summed E-state index contributed by atoms with van der Waals surface area (Å²) in [6, 6.07) is 46.1. The molecule has 0 atom stereocenters. The Morgan fingerprint density at radius 2 is 1.00 bits per heavy atom. The molecule has 9 rings (SSSR count). The summed E-state index contributed by atoms with van der Waals surface area (Å²) in [7, 11) is -0.441. The molecule has 0 saturated carbocycles. The largest absolute Gasteiger partial charge is 0.494 e. The van der Waals surface area contributed by atoms with Crippen molar-refractivity contribution in [2.75, 3.05) is 0 Å². The Morgan fingerprint density at radius 3 is 1.76 bits per heavy atom. The lowest BCUT2D eigenvalue weighted by atomic mass is 9.79. The van der Waals surface area contributed by atoms with Crippen molar-refractivity contribution in [1.82, 2.24) is 9.13 Å². The fourth-order valence-electron chi connectivity index (χ4n) is 7.21. The Balaban J connectivity index is 1.39. The number of benzene rings is 6. The summed E-state index contributed by atoms with van der Waals surface area (Å²) >= 11 is 0. The second-order valence-electron chi connectivity index (χ2n) is 13.2. The van der Waals surface area contributed by atoms with Crippen LogP contribution in [0.4, 0.5) is 0 Å². The van der Waals surface area contributed by atoms with E-state index < -0.39 is 18.3 Å². The maximum atomic E-state index is 6.51. The second kappa shape index (κ2) is 9.34. The fourth-order valence-corrected chi connectivity index (χ4v) is 7.21. The van der Waals surface area contributed by atoms with Crippen LogP contribution in [0, 0.1) is 0 Å². The summed E-state index contributed by atoms with van der Waals surface area (Å²) in [5, 5.41) is 7.34. The van der Waals surface area contributed by atoms with Crippen molar-refractivity contribution in [2.45, 2.75) is 38.9 Å². The summed E-state index contributed by atoms with van der Waals surface area (Å²) in [5.74, 6) is 0. The van der Waals surface area contributed by atoms with Gasteiger partial charge >= 0.3 is 7.12 Å². The van der Waals surface area contributed by atoms with Crippen LogP contribution in [-0.4, -0.2) is 27.5 Å². The standard InChI is InChI=1S/C40H33BN2O2/c1-39(2)40(3,4)45-41(44-39)27-23-24-31-29-16-7-9-19-34(29)42(37(31)25-27)36-22-12-18-32-30-17-8-10-20-35(30)43(38(32)36)33-21-11-14-26-13-5-6-15-28(26)33/h5-25H,1-4H3. The first-order chi connectivity index (χ1) is 21.8. The molecule has 0 unspecified atom stereocenters. The average Bonchev–Trinajstić information content (AvgIpc) is 3.64. The Labute approximate surface area is 262 Å². The first-order valence-electron chi connectivity index (χ1n) is 15.7. The van der Waals surface area contributed by atoms with Gasteiger partial charge in [-0.05, 0) is 68.9 Å². The lowest BCUT2D eigenvalue weighted by molar-refractivity contribution is 0.00578. The number of hydrogen-bond donors (Lipinski definition) is 0. The normalized spacial score (nSPS) is 16.1. The molecular formula is C40H33BN2O2. The van der Waals surface area contributed by atoms with Gasteiger partial charge in [0.2, 0.25) is 0 Å². The number of hydrogen-bond acceptors (Lipinski definition) is 2. The molecule has 4 nitrogen and oxygen atoms in total. The molecule has 1 aliphatic rings. The third kappa shape index (κ3) is 3.75. The molecule has 0 bridgehead atoms. The van der Waals surface area contributed by atoms with E-state index in [4.69, 9.17) is 9.31 Å². The zero-order chi connectivity index (χ0) is 30.5. The molecule has 2 aromatic heterocycles. The number of aromatic nitrogens is 2. The lowest BCUT2D eigenvalue weighted by Gasteiger charge is -2.32. The smallest absolute Gasteiger partial charge is 0.399 e. The predicted molar refractivity (Wildman–Crippen MR) is 188 cm³/mol. The van der Waals surface area contributed by atoms with Crippen LogP contribution in [0.1, 0.15) is 27.7 Å². The van der Waals surface area contributed by atoms with Crippen molar-refractivity contribution >= 4 is 67.0 Å². The quantitative estimate of drug-likeness (QED) is 0.194. The second-order valence-corrected chi connectivity index (χ2v) is 13.2. The van der Waals surface area contributed by atoms with Gasteiger partial charge in [0.1, 0.15) is 0 Å². The Morgan fingerprint density at radius 1 is 0.467 bits per heavy atom. The van der Waals surface area contributed by atoms with Crippen molar-refractivity contribution < 1.29 is 9.31 Å². The number of para-hydroxylation sites is 3. The van der Waals surface area contributed by atoms with Crippen molar-refractivity contribution in [1.29, 1.82) is 0 Å². The van der Waals surface area contributed by atoms with Crippen molar-refractivity contribution in [2.24, 2.45) is 0 Å². The first kappa shape index (κ1) is 26.6. The number of nitrogens with zero attached hydrogens (tertiary/aromatic N) is 2. The zero-order valence-corrected chi connectivity index (χ0v) is 25.9. The maximum absolute atomic E-state index is 6.51. The Bertz CT molecular complexity index is 2450. The predicted octanol–water partition coefficient (Wildman–Crippen LogP) is 9.33. The molecule has 218 valence electrons. The van der Waals surface area contributed by atoms with Crippen molar-refractivity contribution in [3.63, 3.8) is 0 Å². The topological polar surface area (TPSA) is 28.3 Å². The molecule has 8 aromatic rings. The van der Waals surface area contributed by atoms with E-state index in [0.29, 0.717) is 0 Å². The average molecular weight is 585 g/mol. The number of rotatable bonds is 3. The third-order valence-corrected chi connectivity index (χ3v) is 10.1. The summed E-state index contributed by atoms with van der Waals surface area (Å²) in [6.45, 7) is 8.43. The van der Waals surface area contributed by atoms with E-state index in [0.717, 1.165) is 16.7 Å². The van der Waals surface area contributed by atoms with Gasteiger partial charge in [0, 0.05) is 26.9 Å². The van der Waals surface area contributed by atoms with Crippen LogP contribution in [0.5, 0.6) is 0 Å². The van der Waals surface area contributed by atoms with Gasteiger partial charge in [-0.3, -0.25) is 0 Å². The Hall–Kier alpha value is -4.84. The SMILES string of the molecule is CC1(C)OB(c2ccc3c4ccccc4n(-c4cccc5c6ccccc6n(-c6cccc7ccccc67)c45)c3c2)OC1(C)C. The minimum atomic E-state index is -0.441. The summed E-state index contributed by atoms with van der Waals surface area (Å²) in [6.07, 6.45) is 0. The van der Waals surface area contributed by atoms with E-state index >= 15 is 0 Å². The van der Waals surface area contributed by atoms with Crippen molar-refractivity contribution in [3.05, 3.63) is 127 Å². The van der Waals surface area contributed by atoms with Crippen LogP contribution < -0.4 is 5.46 Å². The van der Waals surface area contributed by atoms with Crippen LogP contribution >= 0.6 is 0 Å². The van der Waals surface area contributed by atoms with E-state index in [1.54, 1.807) is 0 Å². The molecule has 5 heteroatoms. The molecule has 0 radical (unpaired) electrons. The molecule has 1 aliphatic heterocycles. The highest BCUT2D eigenvalue weighted by atomic mass is 16.7. The van der Waals surface area contributed by atoms with Gasteiger partial charge in [-0.2, -0.15) is 0 Å². The molecular weight excluding hydrogens is 551 g/mol. The van der Waals surface area contributed by atoms with Crippen molar-refractivity contribution in [3.8, 4) is 11.4 Å². The molecule has 45 heavy (non-hydrogen) atoms. The van der Waals surface area contributed by atoms with E-state index in [2.05, 4.69) is 164 Å². The van der Waals surface area contributed by atoms with E-state index in [1.165, 1.54) is 54.6 Å². The number of fused-ring (bicyclic) bond motifs is 7. The van der Waals surface area contributed by atoms with Gasteiger partial charge in [-0.15, -0.1) is 0 Å². The summed E-state index contributed by atoms with van der Waals surface area (Å²) < 4.78 is 17.9. The Kier molecular flexibility index (Phi) is 5.51. The van der Waals surface area contributed by atoms with Gasteiger partial charge in [0.15, 0.2) is 0 Å². The first-order valence-corrected chi connectivity index (χ1v) is 15.7. The van der Waals surface area contributed by atoms with E-state index in [-0.39, 0.29) is 0 Å². The third-order valence-electron chi connectivity index (χ3n) is 10.1. The van der Waals surface area contributed by atoms with Crippen LogP contribution in [0.15, 0.2) is 127 Å². The van der Waals surface area contributed by atoms with Gasteiger partial charge in [0.05, 0.1) is 44.6 Å². The highest BCUT2D eigenvalue weighted by Gasteiger charge is 2.51. The van der Waals surface area contributed by atoms with Gasteiger partial charge < -0.3 is 18.4 Å². The highest BCUT2D eigenvalue weighted by Crippen LogP contribution is 2.41. The maximum Gasteiger partial charge on any atom is 0.494 e. The van der Waals surface area contributed by atoms with Gasteiger partial charge in [-0.25, -0.2) is 0 Å². The van der Waals surface area contributed by atoms with E-state index in [1.807, 2.05) is 0 Å². The minimum absolute atomic E-state index is 0.412. The summed E-state index contributed by atoms with van der Waals surface area (Å²) in [5.41, 5.74) is 7.17. The van der Waals surface area contributed by atoms with Crippen LogP contribution in [0.3, 0.4) is 0 Å². The monoisotopic (exact) mass is 584 g/mol. The van der Waals surface area contributed by atoms with Gasteiger partial charge in [0.25, 0.3) is 0 Å². The zero-order valence-electron chi connectivity index (χ0n) is 25.9. The molecule has 0 amide bonds. The van der Waals surface area contributed by atoms with Crippen LogP contribution in [-0.2, 0) is 9.31 Å². The fraction of sp³-hybridized carbons (Fsp3) is 0.150. The molecule has 0 N–H and O–H groups in total. The molecule has 6 aromatic carbocycles. The molecule has 1 saturated heterocycles. The van der Waals surface area contributed by atoms with Crippen LogP contribution in [0.2, 0.25) is 0 Å². The molecule has 3 heterocycles. The van der Waals surface area contributed by atoms with Gasteiger partial charge in [-0.1, -0.05) is 97.1 Å². The van der Waals surface area contributed by atoms with Crippen LogP contribution in [0.25, 0.3) is 65.8 Å². The molecule has 0 aliphatic carbocycles. The lowest BCUT2D eigenvalue weighted by Crippen LogP contribution is -2.41. The van der Waals surface area contributed by atoms with E-state index in [9.17, 15) is 0 Å². The minimum Gasteiger partial charge on any atom is -0.399 e. The molecule has 1 fully saturated rings. The molecule has 0 spiro atoms.